The molecule has 1 saturated heterocycles. The van der Waals surface area contributed by atoms with E-state index in [2.05, 4.69) is 22.3 Å². The summed E-state index contributed by atoms with van der Waals surface area (Å²) >= 11 is 0. The lowest BCUT2D eigenvalue weighted by atomic mass is 10.1. The van der Waals surface area contributed by atoms with Crippen molar-refractivity contribution in [1.82, 2.24) is 15.1 Å². The fourth-order valence-electron chi connectivity index (χ4n) is 2.25. The van der Waals surface area contributed by atoms with Crippen molar-refractivity contribution < 1.29 is 4.79 Å². The SMILES string of the molecule is CN(CCc1ccccc1)C(=O)CN1CCNCC1. The van der Waals surface area contributed by atoms with E-state index in [-0.39, 0.29) is 5.91 Å². The van der Waals surface area contributed by atoms with Gasteiger partial charge in [-0.15, -0.1) is 0 Å². The maximum atomic E-state index is 12.1. The van der Waals surface area contributed by atoms with Crippen LogP contribution in [0.5, 0.6) is 0 Å². The molecule has 2 rings (SSSR count). The molecule has 1 aliphatic heterocycles. The smallest absolute Gasteiger partial charge is 0.236 e. The number of likely N-dealkylation sites (N-methyl/N-ethyl adjacent to an activating group) is 1. The zero-order chi connectivity index (χ0) is 13.5. The van der Waals surface area contributed by atoms with E-state index >= 15 is 0 Å². The van der Waals surface area contributed by atoms with Crippen molar-refractivity contribution >= 4 is 5.91 Å². The number of nitrogens with one attached hydrogen (secondary N) is 1. The minimum Gasteiger partial charge on any atom is -0.344 e. The quantitative estimate of drug-likeness (QED) is 0.843. The third-order valence-electron chi connectivity index (χ3n) is 3.57. The lowest BCUT2D eigenvalue weighted by Crippen LogP contribution is -2.48. The van der Waals surface area contributed by atoms with Gasteiger partial charge in [0.05, 0.1) is 6.54 Å². The normalized spacial score (nSPS) is 16.3. The van der Waals surface area contributed by atoms with E-state index in [1.54, 1.807) is 0 Å². The number of hydrogen-bond donors (Lipinski definition) is 1. The molecule has 104 valence electrons. The van der Waals surface area contributed by atoms with Crippen molar-refractivity contribution in [1.29, 1.82) is 0 Å². The first-order chi connectivity index (χ1) is 9.25. The maximum Gasteiger partial charge on any atom is 0.236 e. The standard InChI is InChI=1S/C15H23N3O/c1-17(10-7-14-5-3-2-4-6-14)15(19)13-18-11-8-16-9-12-18/h2-6,16H,7-13H2,1H3. The van der Waals surface area contributed by atoms with Gasteiger partial charge in [-0.1, -0.05) is 30.3 Å². The molecule has 0 atom stereocenters. The van der Waals surface area contributed by atoms with Gasteiger partial charge in [-0.25, -0.2) is 0 Å². The molecule has 0 aromatic heterocycles. The van der Waals surface area contributed by atoms with Crippen molar-refractivity contribution in [3.8, 4) is 0 Å². The molecule has 1 aliphatic rings. The molecule has 1 aromatic carbocycles. The van der Waals surface area contributed by atoms with E-state index in [4.69, 9.17) is 0 Å². The highest BCUT2D eigenvalue weighted by molar-refractivity contribution is 5.78. The molecule has 1 amide bonds. The molecule has 0 aliphatic carbocycles. The average Bonchev–Trinajstić information content (AvgIpc) is 2.47. The van der Waals surface area contributed by atoms with Crippen LogP contribution in [0.1, 0.15) is 5.56 Å². The minimum absolute atomic E-state index is 0.220. The highest BCUT2D eigenvalue weighted by Crippen LogP contribution is 2.01. The molecular formula is C15H23N3O. The van der Waals surface area contributed by atoms with Gasteiger partial charge < -0.3 is 10.2 Å². The van der Waals surface area contributed by atoms with Crippen molar-refractivity contribution in [2.45, 2.75) is 6.42 Å². The Morgan fingerprint density at radius 2 is 1.95 bits per heavy atom. The predicted octanol–water partition coefficient (Wildman–Crippen LogP) is 0.593. The van der Waals surface area contributed by atoms with Crippen LogP contribution in [0.4, 0.5) is 0 Å². The van der Waals surface area contributed by atoms with Crippen LogP contribution in [0.3, 0.4) is 0 Å². The van der Waals surface area contributed by atoms with Gasteiger partial charge in [0.2, 0.25) is 5.91 Å². The number of rotatable bonds is 5. The van der Waals surface area contributed by atoms with Crippen LogP contribution in [0.2, 0.25) is 0 Å². The molecule has 0 unspecified atom stereocenters. The highest BCUT2D eigenvalue weighted by atomic mass is 16.2. The van der Waals surface area contributed by atoms with Crippen LogP contribution in [0.15, 0.2) is 30.3 Å². The lowest BCUT2D eigenvalue weighted by Gasteiger charge is -2.28. The number of carbonyl (C=O) groups excluding carboxylic acids is 1. The molecule has 1 fully saturated rings. The van der Waals surface area contributed by atoms with Gasteiger partial charge in [0.1, 0.15) is 0 Å². The van der Waals surface area contributed by atoms with Gasteiger partial charge in [0.25, 0.3) is 0 Å². The Morgan fingerprint density at radius 1 is 1.26 bits per heavy atom. The van der Waals surface area contributed by atoms with Crippen LogP contribution in [0, 0.1) is 0 Å². The van der Waals surface area contributed by atoms with Crippen molar-refractivity contribution in [3.05, 3.63) is 35.9 Å². The van der Waals surface area contributed by atoms with Gasteiger partial charge >= 0.3 is 0 Å². The van der Waals surface area contributed by atoms with Crippen LogP contribution < -0.4 is 5.32 Å². The summed E-state index contributed by atoms with van der Waals surface area (Å²) in [6.45, 7) is 5.25. The van der Waals surface area contributed by atoms with Gasteiger partial charge in [-0.2, -0.15) is 0 Å². The summed E-state index contributed by atoms with van der Waals surface area (Å²) in [5.74, 6) is 0.220. The summed E-state index contributed by atoms with van der Waals surface area (Å²) in [6, 6.07) is 10.3. The Labute approximate surface area is 115 Å². The van der Waals surface area contributed by atoms with Crippen LogP contribution >= 0.6 is 0 Å². The molecule has 1 N–H and O–H groups in total. The van der Waals surface area contributed by atoms with E-state index in [1.165, 1.54) is 5.56 Å². The van der Waals surface area contributed by atoms with E-state index in [0.717, 1.165) is 39.1 Å². The molecule has 0 spiro atoms. The second kappa shape index (κ2) is 7.26. The highest BCUT2D eigenvalue weighted by Gasteiger charge is 2.16. The fraction of sp³-hybridized carbons (Fsp3) is 0.533. The van der Waals surface area contributed by atoms with E-state index in [9.17, 15) is 4.79 Å². The number of piperazine rings is 1. The number of benzene rings is 1. The predicted molar refractivity (Wildman–Crippen MR) is 77.1 cm³/mol. The first kappa shape index (κ1) is 14.0. The molecule has 0 saturated carbocycles. The molecular weight excluding hydrogens is 238 g/mol. The second-order valence-electron chi connectivity index (χ2n) is 5.08. The van der Waals surface area contributed by atoms with Gasteiger partial charge in [-0.3, -0.25) is 9.69 Å². The third kappa shape index (κ3) is 4.65. The molecule has 0 radical (unpaired) electrons. The third-order valence-corrected chi connectivity index (χ3v) is 3.57. The Kier molecular flexibility index (Phi) is 5.36. The van der Waals surface area contributed by atoms with E-state index < -0.39 is 0 Å². The van der Waals surface area contributed by atoms with E-state index in [1.807, 2.05) is 30.1 Å². The Bertz CT molecular complexity index is 388. The molecule has 0 bridgehead atoms. The lowest BCUT2D eigenvalue weighted by molar-refractivity contribution is -0.131. The summed E-state index contributed by atoms with van der Waals surface area (Å²) in [7, 11) is 1.90. The van der Waals surface area contributed by atoms with Gasteiger partial charge in [-0.05, 0) is 12.0 Å². The van der Waals surface area contributed by atoms with Crippen molar-refractivity contribution in [2.24, 2.45) is 0 Å². The Hall–Kier alpha value is -1.39. The van der Waals surface area contributed by atoms with Crippen LogP contribution in [-0.4, -0.2) is 62.0 Å². The minimum atomic E-state index is 0.220. The second-order valence-corrected chi connectivity index (χ2v) is 5.08. The summed E-state index contributed by atoms with van der Waals surface area (Å²) in [6.07, 6.45) is 0.921. The molecule has 4 nitrogen and oxygen atoms in total. The van der Waals surface area contributed by atoms with Gasteiger partial charge in [0, 0.05) is 39.8 Å². The summed E-state index contributed by atoms with van der Waals surface area (Å²) in [5, 5.41) is 3.30. The molecule has 4 heteroatoms. The van der Waals surface area contributed by atoms with Crippen molar-refractivity contribution in [2.75, 3.05) is 46.3 Å². The van der Waals surface area contributed by atoms with E-state index in [0.29, 0.717) is 6.54 Å². The fourth-order valence-corrected chi connectivity index (χ4v) is 2.25. The summed E-state index contributed by atoms with van der Waals surface area (Å²) < 4.78 is 0. The monoisotopic (exact) mass is 261 g/mol. The molecule has 1 aromatic rings. The van der Waals surface area contributed by atoms with Crippen LogP contribution in [-0.2, 0) is 11.2 Å². The first-order valence-electron chi connectivity index (χ1n) is 6.96. The largest absolute Gasteiger partial charge is 0.344 e. The zero-order valence-electron chi connectivity index (χ0n) is 11.6. The van der Waals surface area contributed by atoms with Crippen molar-refractivity contribution in [3.63, 3.8) is 0 Å². The summed E-state index contributed by atoms with van der Waals surface area (Å²) in [5.41, 5.74) is 1.28. The topological polar surface area (TPSA) is 35.6 Å². The average molecular weight is 261 g/mol. The van der Waals surface area contributed by atoms with Gasteiger partial charge in [0.15, 0.2) is 0 Å². The number of hydrogen-bond acceptors (Lipinski definition) is 3. The van der Waals surface area contributed by atoms with Crippen LogP contribution in [0.25, 0.3) is 0 Å². The molecule has 1 heterocycles. The Morgan fingerprint density at radius 3 is 2.63 bits per heavy atom. The Balaban J connectivity index is 1.72. The number of carbonyl (C=O) groups is 1. The zero-order valence-corrected chi connectivity index (χ0v) is 11.6. The first-order valence-corrected chi connectivity index (χ1v) is 6.96. The maximum absolute atomic E-state index is 12.1. The molecule has 19 heavy (non-hydrogen) atoms. The summed E-state index contributed by atoms with van der Waals surface area (Å²) in [4.78, 5) is 16.2. The number of nitrogens with zero attached hydrogens (tertiary/aromatic N) is 2. The number of amides is 1.